The predicted molar refractivity (Wildman–Crippen MR) is 126 cm³/mol. The molecule has 0 aliphatic heterocycles. The SMILES string of the molecule is CCn1c(CC(=O)Nc2cccc(OC)c2)nnc1SCC(=O)Nc1ccc(C)c(C)c1. The lowest BCUT2D eigenvalue weighted by atomic mass is 10.1. The zero-order valence-electron chi connectivity index (χ0n) is 18.6. The van der Waals surface area contributed by atoms with Gasteiger partial charge in [0.15, 0.2) is 5.16 Å². The number of amides is 2. The first-order chi connectivity index (χ1) is 15.4. The number of aromatic nitrogens is 3. The van der Waals surface area contributed by atoms with Crippen molar-refractivity contribution in [1.29, 1.82) is 0 Å². The molecule has 9 heteroatoms. The molecule has 3 rings (SSSR count). The normalized spacial score (nSPS) is 10.6. The largest absolute Gasteiger partial charge is 0.497 e. The average molecular weight is 454 g/mol. The minimum Gasteiger partial charge on any atom is -0.497 e. The maximum atomic E-state index is 12.5. The van der Waals surface area contributed by atoms with Gasteiger partial charge in [0.1, 0.15) is 11.6 Å². The first-order valence-corrected chi connectivity index (χ1v) is 11.2. The fraction of sp³-hybridized carbons (Fsp3) is 0.304. The highest BCUT2D eigenvalue weighted by atomic mass is 32.2. The van der Waals surface area contributed by atoms with E-state index < -0.39 is 0 Å². The fourth-order valence-electron chi connectivity index (χ4n) is 3.07. The number of ether oxygens (including phenoxy) is 1. The summed E-state index contributed by atoms with van der Waals surface area (Å²) in [5.41, 5.74) is 3.72. The summed E-state index contributed by atoms with van der Waals surface area (Å²) in [7, 11) is 1.58. The summed E-state index contributed by atoms with van der Waals surface area (Å²) in [5.74, 6) is 1.08. The van der Waals surface area contributed by atoms with Crippen molar-refractivity contribution < 1.29 is 14.3 Å². The maximum Gasteiger partial charge on any atom is 0.234 e. The van der Waals surface area contributed by atoms with Crippen LogP contribution in [-0.4, -0.2) is 39.4 Å². The van der Waals surface area contributed by atoms with E-state index in [1.54, 1.807) is 25.3 Å². The van der Waals surface area contributed by atoms with Crippen LogP contribution >= 0.6 is 11.8 Å². The summed E-state index contributed by atoms with van der Waals surface area (Å²) in [5, 5.41) is 14.7. The van der Waals surface area contributed by atoms with Crippen LogP contribution in [0.3, 0.4) is 0 Å². The number of anilines is 2. The molecule has 0 radical (unpaired) electrons. The van der Waals surface area contributed by atoms with Crippen molar-refractivity contribution in [2.24, 2.45) is 0 Å². The van der Waals surface area contributed by atoms with E-state index in [-0.39, 0.29) is 24.0 Å². The van der Waals surface area contributed by atoms with E-state index in [0.717, 1.165) is 11.3 Å². The Kier molecular flexibility index (Phi) is 7.88. The minimum atomic E-state index is -0.204. The van der Waals surface area contributed by atoms with Crippen molar-refractivity contribution in [2.45, 2.75) is 38.9 Å². The van der Waals surface area contributed by atoms with Crippen LogP contribution in [0.2, 0.25) is 0 Å². The highest BCUT2D eigenvalue weighted by Crippen LogP contribution is 2.20. The highest BCUT2D eigenvalue weighted by molar-refractivity contribution is 7.99. The Bertz CT molecular complexity index is 1110. The number of methoxy groups -OCH3 is 1. The molecular weight excluding hydrogens is 426 g/mol. The molecule has 0 saturated heterocycles. The lowest BCUT2D eigenvalue weighted by Crippen LogP contribution is -2.18. The lowest BCUT2D eigenvalue weighted by molar-refractivity contribution is -0.116. The van der Waals surface area contributed by atoms with Crippen molar-refractivity contribution in [1.82, 2.24) is 14.8 Å². The Morgan fingerprint density at radius 2 is 1.75 bits per heavy atom. The van der Waals surface area contributed by atoms with Gasteiger partial charge >= 0.3 is 0 Å². The maximum absolute atomic E-state index is 12.5. The minimum absolute atomic E-state index is 0.0768. The van der Waals surface area contributed by atoms with Crippen LogP contribution in [0.4, 0.5) is 11.4 Å². The summed E-state index contributed by atoms with van der Waals surface area (Å²) in [6.45, 7) is 6.58. The molecule has 0 bridgehead atoms. The molecule has 0 aliphatic rings. The van der Waals surface area contributed by atoms with Crippen molar-refractivity contribution in [3.05, 3.63) is 59.4 Å². The van der Waals surface area contributed by atoms with Crippen molar-refractivity contribution in [3.63, 3.8) is 0 Å². The van der Waals surface area contributed by atoms with Crippen LogP contribution < -0.4 is 15.4 Å². The summed E-state index contributed by atoms with van der Waals surface area (Å²) in [4.78, 5) is 24.8. The number of thioether (sulfide) groups is 1. The molecule has 1 aromatic heterocycles. The van der Waals surface area contributed by atoms with Gasteiger partial charge in [-0.3, -0.25) is 9.59 Å². The molecule has 2 aromatic carbocycles. The van der Waals surface area contributed by atoms with Crippen LogP contribution in [0.5, 0.6) is 5.75 Å². The highest BCUT2D eigenvalue weighted by Gasteiger charge is 2.16. The molecule has 0 unspecified atom stereocenters. The van der Waals surface area contributed by atoms with Gasteiger partial charge in [-0.25, -0.2) is 0 Å². The summed E-state index contributed by atoms with van der Waals surface area (Å²) in [6.07, 6.45) is 0.0768. The molecule has 0 aliphatic carbocycles. The third-order valence-corrected chi connectivity index (χ3v) is 5.87. The molecular formula is C23H27N5O3S. The summed E-state index contributed by atoms with van der Waals surface area (Å²) < 4.78 is 7.02. The van der Waals surface area contributed by atoms with E-state index in [1.165, 1.54) is 17.3 Å². The number of nitrogens with one attached hydrogen (secondary N) is 2. The zero-order valence-corrected chi connectivity index (χ0v) is 19.5. The Morgan fingerprint density at radius 1 is 1.00 bits per heavy atom. The summed E-state index contributed by atoms with van der Waals surface area (Å²) in [6, 6.07) is 13.0. The van der Waals surface area contributed by atoms with Crippen molar-refractivity contribution >= 4 is 35.0 Å². The Labute approximate surface area is 191 Å². The number of carbonyl (C=O) groups is 2. The number of nitrogens with zero attached hydrogens (tertiary/aromatic N) is 3. The Balaban J connectivity index is 1.58. The molecule has 8 nitrogen and oxygen atoms in total. The van der Waals surface area contributed by atoms with E-state index in [9.17, 15) is 9.59 Å². The summed E-state index contributed by atoms with van der Waals surface area (Å²) >= 11 is 1.29. The van der Waals surface area contributed by atoms with E-state index >= 15 is 0 Å². The average Bonchev–Trinajstić information content (AvgIpc) is 3.16. The van der Waals surface area contributed by atoms with E-state index in [4.69, 9.17) is 4.74 Å². The van der Waals surface area contributed by atoms with Crippen molar-refractivity contribution in [3.8, 4) is 5.75 Å². The van der Waals surface area contributed by atoms with Gasteiger partial charge in [-0.15, -0.1) is 10.2 Å². The predicted octanol–water partition coefficient (Wildman–Crippen LogP) is 3.84. The quantitative estimate of drug-likeness (QED) is 0.478. The van der Waals surface area contributed by atoms with Gasteiger partial charge in [0.05, 0.1) is 19.3 Å². The third kappa shape index (κ3) is 6.10. The molecule has 168 valence electrons. The van der Waals surface area contributed by atoms with Crippen LogP contribution in [0.1, 0.15) is 23.9 Å². The lowest BCUT2D eigenvalue weighted by Gasteiger charge is -2.09. The van der Waals surface area contributed by atoms with Gasteiger partial charge in [-0.2, -0.15) is 0 Å². The fourth-order valence-corrected chi connectivity index (χ4v) is 3.89. The van der Waals surface area contributed by atoms with Crippen LogP contribution in [-0.2, 0) is 22.6 Å². The van der Waals surface area contributed by atoms with E-state index in [1.807, 2.05) is 49.6 Å². The monoisotopic (exact) mass is 453 g/mol. The number of aryl methyl sites for hydroxylation is 2. The number of rotatable bonds is 9. The third-order valence-electron chi connectivity index (χ3n) is 4.90. The standard InChI is InChI=1S/C23H27N5O3S/c1-5-28-20(13-21(29)24-17-7-6-8-19(12-17)31-4)26-27-23(28)32-14-22(30)25-18-10-9-15(2)16(3)11-18/h6-12H,5,13-14H2,1-4H3,(H,24,29)(H,25,30). The molecule has 0 saturated carbocycles. The molecule has 3 aromatic rings. The number of hydrogen-bond acceptors (Lipinski definition) is 6. The Hall–Kier alpha value is -3.33. The van der Waals surface area contributed by atoms with Crippen LogP contribution in [0, 0.1) is 13.8 Å². The smallest absolute Gasteiger partial charge is 0.234 e. The second-order valence-electron chi connectivity index (χ2n) is 7.24. The second kappa shape index (κ2) is 10.8. The van der Waals surface area contributed by atoms with Gasteiger partial charge in [0.25, 0.3) is 0 Å². The van der Waals surface area contributed by atoms with E-state index in [0.29, 0.717) is 29.0 Å². The molecule has 0 fully saturated rings. The molecule has 1 heterocycles. The van der Waals surface area contributed by atoms with E-state index in [2.05, 4.69) is 20.8 Å². The Morgan fingerprint density at radius 3 is 2.47 bits per heavy atom. The second-order valence-corrected chi connectivity index (χ2v) is 8.18. The number of benzene rings is 2. The molecule has 32 heavy (non-hydrogen) atoms. The van der Waals surface area contributed by atoms with Gasteiger partial charge < -0.3 is 19.9 Å². The number of carbonyl (C=O) groups excluding carboxylic acids is 2. The number of hydrogen-bond donors (Lipinski definition) is 2. The van der Waals surface area contributed by atoms with Gasteiger partial charge in [0.2, 0.25) is 11.8 Å². The van der Waals surface area contributed by atoms with Gasteiger partial charge in [0, 0.05) is 24.0 Å². The van der Waals surface area contributed by atoms with Crippen LogP contribution in [0.25, 0.3) is 0 Å². The zero-order chi connectivity index (χ0) is 23.1. The first kappa shape index (κ1) is 23.3. The van der Waals surface area contributed by atoms with Crippen LogP contribution in [0.15, 0.2) is 47.6 Å². The molecule has 2 N–H and O–H groups in total. The van der Waals surface area contributed by atoms with Gasteiger partial charge in [-0.1, -0.05) is 23.9 Å². The topological polar surface area (TPSA) is 98.1 Å². The molecule has 0 atom stereocenters. The van der Waals surface area contributed by atoms with Crippen molar-refractivity contribution in [2.75, 3.05) is 23.5 Å². The molecule has 2 amide bonds. The first-order valence-electron chi connectivity index (χ1n) is 10.3. The molecule has 0 spiro atoms. The van der Waals surface area contributed by atoms with Gasteiger partial charge in [-0.05, 0) is 56.2 Å².